The Morgan fingerprint density at radius 3 is 2.37 bits per heavy atom. The summed E-state index contributed by atoms with van der Waals surface area (Å²) in [5.74, 6) is -0.810. The maximum atomic E-state index is 13.6. The third kappa shape index (κ3) is 5.85. The first-order valence-electron chi connectivity index (χ1n) is 9.82. The summed E-state index contributed by atoms with van der Waals surface area (Å²) in [6, 6.07) is 7.65. The predicted molar refractivity (Wildman–Crippen MR) is 143 cm³/mol. The predicted octanol–water partition coefficient (Wildman–Crippen LogP) is 4.74. The number of urea groups is 1. The summed E-state index contributed by atoms with van der Waals surface area (Å²) in [6.45, 7) is 0. The minimum Gasteiger partial charge on any atom is -0.329 e. The maximum Gasteiger partial charge on any atom is 0.337 e. The summed E-state index contributed by atoms with van der Waals surface area (Å²) in [5, 5.41) is 5.66. The maximum absolute atomic E-state index is 13.6. The highest BCUT2D eigenvalue weighted by Gasteiger charge is 2.28. The Hall–Kier alpha value is -2.48. The van der Waals surface area contributed by atoms with Crippen LogP contribution in [0.1, 0.15) is 20.8 Å². The van der Waals surface area contributed by atoms with E-state index in [1.807, 2.05) is 0 Å². The molecular formula is C21H19Br3ClN7O3. The number of benzene rings is 1. The van der Waals surface area contributed by atoms with Gasteiger partial charge in [-0.05, 0) is 56.1 Å². The first kappa shape index (κ1) is 27.1. The zero-order valence-electron chi connectivity index (χ0n) is 18.9. The van der Waals surface area contributed by atoms with Crippen LogP contribution in [-0.4, -0.2) is 70.7 Å². The third-order valence-corrected chi connectivity index (χ3v) is 6.43. The molecule has 1 aromatic carbocycles. The molecule has 0 bridgehead atoms. The zero-order chi connectivity index (χ0) is 26.0. The van der Waals surface area contributed by atoms with Gasteiger partial charge < -0.3 is 9.80 Å². The summed E-state index contributed by atoms with van der Waals surface area (Å²) in [7, 11) is 6.07. The van der Waals surface area contributed by atoms with Crippen molar-refractivity contribution in [1.82, 2.24) is 30.1 Å². The van der Waals surface area contributed by atoms with E-state index in [9.17, 15) is 14.4 Å². The number of halogens is 4. The van der Waals surface area contributed by atoms with E-state index in [1.54, 1.807) is 38.4 Å². The lowest BCUT2D eigenvalue weighted by molar-refractivity contribution is 0.0835. The SMILES string of the molecule is CN(C)C(=O)N(C)NC(=O)c1cc(Br)cc(Br)c1N(C)C(=O)c1cc(Br)nn1-c1ncccc1Cl. The molecule has 10 nitrogen and oxygen atoms in total. The number of carbonyl (C=O) groups excluding carboxylic acids is 3. The number of pyridine rings is 1. The number of hydrazine groups is 1. The van der Waals surface area contributed by atoms with Crippen LogP contribution in [0.25, 0.3) is 5.82 Å². The van der Waals surface area contributed by atoms with E-state index in [0.29, 0.717) is 18.6 Å². The number of anilines is 1. The molecule has 0 fully saturated rings. The fraction of sp³-hybridized carbons (Fsp3) is 0.190. The highest BCUT2D eigenvalue weighted by Crippen LogP contribution is 2.34. The molecule has 1 N–H and O–H groups in total. The number of nitrogens with zero attached hydrogens (tertiary/aromatic N) is 6. The van der Waals surface area contributed by atoms with E-state index in [1.165, 1.54) is 40.8 Å². The number of rotatable bonds is 4. The molecule has 4 amide bonds. The molecule has 0 atom stereocenters. The van der Waals surface area contributed by atoms with E-state index in [4.69, 9.17) is 11.6 Å². The monoisotopic (exact) mass is 689 g/mol. The van der Waals surface area contributed by atoms with Crippen molar-refractivity contribution in [3.05, 3.63) is 66.4 Å². The number of hydrogen-bond donors (Lipinski definition) is 1. The van der Waals surface area contributed by atoms with Crippen LogP contribution < -0.4 is 10.3 Å². The molecule has 0 radical (unpaired) electrons. The lowest BCUT2D eigenvalue weighted by Crippen LogP contribution is -2.48. The van der Waals surface area contributed by atoms with E-state index in [0.717, 1.165) is 5.01 Å². The van der Waals surface area contributed by atoms with Gasteiger partial charge in [-0.1, -0.05) is 27.5 Å². The second kappa shape index (κ2) is 11.1. The molecule has 0 aliphatic carbocycles. The van der Waals surface area contributed by atoms with Crippen LogP contribution >= 0.6 is 59.4 Å². The first-order chi connectivity index (χ1) is 16.4. The smallest absolute Gasteiger partial charge is 0.329 e. The molecule has 3 rings (SSSR count). The Morgan fingerprint density at radius 2 is 1.74 bits per heavy atom. The molecular weight excluding hydrogens is 673 g/mol. The van der Waals surface area contributed by atoms with Gasteiger partial charge in [0.05, 0.1) is 16.3 Å². The van der Waals surface area contributed by atoms with Gasteiger partial charge in [0, 0.05) is 49.4 Å². The van der Waals surface area contributed by atoms with E-state index in [2.05, 4.69) is 63.3 Å². The van der Waals surface area contributed by atoms with Gasteiger partial charge in [-0.2, -0.15) is 5.10 Å². The Bertz CT molecular complexity index is 1320. The van der Waals surface area contributed by atoms with Crippen molar-refractivity contribution >= 4 is 82.9 Å². The molecule has 184 valence electrons. The Balaban J connectivity index is 2.04. The second-order valence-electron chi connectivity index (χ2n) is 7.40. The summed E-state index contributed by atoms with van der Waals surface area (Å²) in [5.41, 5.74) is 3.09. The molecule has 35 heavy (non-hydrogen) atoms. The van der Waals surface area contributed by atoms with Crippen molar-refractivity contribution in [2.45, 2.75) is 0 Å². The summed E-state index contributed by atoms with van der Waals surface area (Å²) >= 11 is 16.4. The Labute approximate surface area is 231 Å². The lowest BCUT2D eigenvalue weighted by atomic mass is 10.1. The van der Waals surface area contributed by atoms with Gasteiger partial charge in [-0.3, -0.25) is 15.0 Å². The van der Waals surface area contributed by atoms with Gasteiger partial charge >= 0.3 is 6.03 Å². The van der Waals surface area contributed by atoms with Crippen LogP contribution in [-0.2, 0) is 0 Å². The number of aromatic nitrogens is 3. The van der Waals surface area contributed by atoms with Gasteiger partial charge in [-0.15, -0.1) is 0 Å². The van der Waals surface area contributed by atoms with Crippen molar-refractivity contribution in [1.29, 1.82) is 0 Å². The van der Waals surface area contributed by atoms with Crippen LogP contribution in [0.3, 0.4) is 0 Å². The van der Waals surface area contributed by atoms with Crippen LogP contribution in [0.2, 0.25) is 5.02 Å². The molecule has 0 aliphatic heterocycles. The minimum absolute atomic E-state index is 0.140. The molecule has 3 aromatic rings. The third-order valence-electron chi connectivity index (χ3n) is 4.69. The molecule has 0 spiro atoms. The normalized spacial score (nSPS) is 10.6. The van der Waals surface area contributed by atoms with Gasteiger partial charge in [-0.25, -0.2) is 19.5 Å². The van der Waals surface area contributed by atoms with Crippen LogP contribution in [0.4, 0.5) is 10.5 Å². The number of amides is 4. The van der Waals surface area contributed by atoms with Crippen LogP contribution in [0.15, 0.2) is 50.1 Å². The largest absolute Gasteiger partial charge is 0.337 e. The molecule has 2 aromatic heterocycles. The molecule has 0 aliphatic rings. The summed E-state index contributed by atoms with van der Waals surface area (Å²) < 4.78 is 2.78. The van der Waals surface area contributed by atoms with Crippen molar-refractivity contribution in [2.24, 2.45) is 0 Å². The minimum atomic E-state index is -0.596. The van der Waals surface area contributed by atoms with E-state index < -0.39 is 17.8 Å². The van der Waals surface area contributed by atoms with Crippen molar-refractivity contribution in [2.75, 3.05) is 33.1 Å². The molecule has 14 heteroatoms. The van der Waals surface area contributed by atoms with Crippen molar-refractivity contribution < 1.29 is 14.4 Å². The fourth-order valence-electron chi connectivity index (χ4n) is 3.11. The van der Waals surface area contributed by atoms with Crippen molar-refractivity contribution in [3.63, 3.8) is 0 Å². The molecule has 0 saturated heterocycles. The van der Waals surface area contributed by atoms with E-state index >= 15 is 0 Å². The molecule has 0 saturated carbocycles. The highest BCUT2D eigenvalue weighted by molar-refractivity contribution is 9.11. The zero-order valence-corrected chi connectivity index (χ0v) is 24.4. The van der Waals surface area contributed by atoms with Gasteiger partial charge in [0.1, 0.15) is 10.3 Å². The van der Waals surface area contributed by atoms with Crippen LogP contribution in [0.5, 0.6) is 0 Å². The van der Waals surface area contributed by atoms with E-state index in [-0.39, 0.29) is 22.8 Å². The van der Waals surface area contributed by atoms with Gasteiger partial charge in [0.15, 0.2) is 5.82 Å². The Kier molecular flexibility index (Phi) is 8.57. The number of hydrogen-bond acceptors (Lipinski definition) is 5. The topological polar surface area (TPSA) is 104 Å². The standard InChI is InChI=1S/C21H19Br3ClN7O3/c1-29(2)21(35)31(4)28-19(33)12-8-11(22)9-13(23)17(12)30(3)20(34)15-10-16(24)27-32(15)18-14(25)6-5-7-26-18/h5-10H,1-4H3,(H,28,33). The summed E-state index contributed by atoms with van der Waals surface area (Å²) in [6.07, 6.45) is 1.54. The molecule has 2 heterocycles. The summed E-state index contributed by atoms with van der Waals surface area (Å²) in [4.78, 5) is 45.8. The Morgan fingerprint density at radius 1 is 1.06 bits per heavy atom. The quantitative estimate of drug-likeness (QED) is 0.398. The first-order valence-corrected chi connectivity index (χ1v) is 12.6. The highest BCUT2D eigenvalue weighted by atomic mass is 79.9. The van der Waals surface area contributed by atoms with Gasteiger partial charge in [0.25, 0.3) is 11.8 Å². The number of carbonyl (C=O) groups is 3. The van der Waals surface area contributed by atoms with Crippen LogP contribution in [0, 0.1) is 0 Å². The second-order valence-corrected chi connectivity index (χ2v) is 10.4. The molecule has 0 unspecified atom stereocenters. The fourth-order valence-corrected chi connectivity index (χ4v) is 5.18. The van der Waals surface area contributed by atoms with Crippen molar-refractivity contribution in [3.8, 4) is 5.82 Å². The lowest BCUT2D eigenvalue weighted by Gasteiger charge is -2.25. The number of nitrogens with one attached hydrogen (secondary N) is 1. The average molecular weight is 693 g/mol. The average Bonchev–Trinajstić information content (AvgIpc) is 3.18. The van der Waals surface area contributed by atoms with Gasteiger partial charge in [0.2, 0.25) is 0 Å².